The van der Waals surface area contributed by atoms with Gasteiger partial charge in [-0.05, 0) is 30.9 Å². The standard InChI is InChI=1S/C18H22N4O2S.ClH/c1-11(23)20-14-7-5-12(6-8-14)16-10-25-18(21-16)22-17(24)9-13-3-2-4-15(13)19;/h5-8,10,13,15H,2-4,9,19H2,1H3,(H,20,23)(H,21,22,24);1H/t13-,15+;/m0./s1. The minimum absolute atomic E-state index is 0. The molecule has 2 amide bonds. The zero-order valence-electron chi connectivity index (χ0n) is 14.5. The molecule has 0 saturated heterocycles. The third-order valence-electron chi connectivity index (χ3n) is 4.42. The van der Waals surface area contributed by atoms with E-state index in [0.717, 1.165) is 36.2 Å². The van der Waals surface area contributed by atoms with Crippen LogP contribution in [0.1, 0.15) is 32.6 Å². The second-order valence-corrected chi connectivity index (χ2v) is 7.26. The first-order valence-corrected chi connectivity index (χ1v) is 9.28. The van der Waals surface area contributed by atoms with Gasteiger partial charge in [0.15, 0.2) is 5.13 Å². The summed E-state index contributed by atoms with van der Waals surface area (Å²) in [5.74, 6) is 0.151. The van der Waals surface area contributed by atoms with Crippen molar-refractivity contribution in [3.05, 3.63) is 29.6 Å². The van der Waals surface area contributed by atoms with E-state index >= 15 is 0 Å². The molecule has 0 bridgehead atoms. The molecule has 26 heavy (non-hydrogen) atoms. The number of halogens is 1. The van der Waals surface area contributed by atoms with Crippen molar-refractivity contribution in [2.45, 2.75) is 38.6 Å². The van der Waals surface area contributed by atoms with E-state index in [0.29, 0.717) is 11.6 Å². The van der Waals surface area contributed by atoms with Gasteiger partial charge in [0, 0.05) is 36.0 Å². The van der Waals surface area contributed by atoms with Crippen molar-refractivity contribution in [1.82, 2.24) is 4.98 Å². The van der Waals surface area contributed by atoms with Crippen LogP contribution in [-0.2, 0) is 9.59 Å². The monoisotopic (exact) mass is 394 g/mol. The normalized spacial score (nSPS) is 18.8. The molecule has 6 nitrogen and oxygen atoms in total. The van der Waals surface area contributed by atoms with Crippen LogP contribution in [0.3, 0.4) is 0 Å². The Morgan fingerprint density at radius 3 is 2.58 bits per heavy atom. The summed E-state index contributed by atoms with van der Waals surface area (Å²) in [6.45, 7) is 1.47. The summed E-state index contributed by atoms with van der Waals surface area (Å²) in [7, 11) is 0. The number of thiazole rings is 1. The Kier molecular flexibility index (Phi) is 7.14. The lowest BCUT2D eigenvalue weighted by Gasteiger charge is -2.13. The van der Waals surface area contributed by atoms with E-state index in [9.17, 15) is 9.59 Å². The van der Waals surface area contributed by atoms with Gasteiger partial charge < -0.3 is 16.4 Å². The SMILES string of the molecule is CC(=O)Nc1ccc(-c2csc(NC(=O)C[C@@H]3CCC[C@H]3N)n2)cc1.Cl. The van der Waals surface area contributed by atoms with Crippen molar-refractivity contribution in [2.24, 2.45) is 11.7 Å². The van der Waals surface area contributed by atoms with E-state index in [4.69, 9.17) is 5.73 Å². The lowest BCUT2D eigenvalue weighted by molar-refractivity contribution is -0.117. The summed E-state index contributed by atoms with van der Waals surface area (Å²) in [6.07, 6.45) is 3.60. The van der Waals surface area contributed by atoms with Gasteiger partial charge in [0.1, 0.15) is 0 Å². The van der Waals surface area contributed by atoms with Gasteiger partial charge in [-0.1, -0.05) is 18.6 Å². The third kappa shape index (κ3) is 5.27. The van der Waals surface area contributed by atoms with E-state index in [1.165, 1.54) is 18.3 Å². The number of nitrogens with zero attached hydrogens (tertiary/aromatic N) is 1. The number of hydrogen-bond donors (Lipinski definition) is 3. The molecular weight excluding hydrogens is 372 g/mol. The molecule has 8 heteroatoms. The molecule has 0 spiro atoms. The molecule has 140 valence electrons. The van der Waals surface area contributed by atoms with Gasteiger partial charge in [-0.15, -0.1) is 23.7 Å². The highest BCUT2D eigenvalue weighted by atomic mass is 35.5. The quantitative estimate of drug-likeness (QED) is 0.721. The average molecular weight is 395 g/mol. The lowest BCUT2D eigenvalue weighted by atomic mass is 10.00. The van der Waals surface area contributed by atoms with Crippen molar-refractivity contribution in [2.75, 3.05) is 10.6 Å². The molecule has 1 saturated carbocycles. The third-order valence-corrected chi connectivity index (χ3v) is 5.17. The first kappa shape index (κ1) is 20.4. The van der Waals surface area contributed by atoms with Gasteiger partial charge in [0.05, 0.1) is 5.69 Å². The van der Waals surface area contributed by atoms with Crippen LogP contribution < -0.4 is 16.4 Å². The van der Waals surface area contributed by atoms with Gasteiger partial charge in [0.25, 0.3) is 0 Å². The number of nitrogens with one attached hydrogen (secondary N) is 2. The summed E-state index contributed by atoms with van der Waals surface area (Å²) in [5.41, 5.74) is 8.50. The summed E-state index contributed by atoms with van der Waals surface area (Å²) < 4.78 is 0. The minimum atomic E-state index is -0.103. The molecule has 0 aliphatic heterocycles. The maximum Gasteiger partial charge on any atom is 0.226 e. The summed E-state index contributed by atoms with van der Waals surface area (Å²) in [4.78, 5) is 27.7. The molecule has 1 fully saturated rings. The number of nitrogens with two attached hydrogens (primary N) is 1. The smallest absolute Gasteiger partial charge is 0.226 e. The van der Waals surface area contributed by atoms with Crippen molar-refractivity contribution in [1.29, 1.82) is 0 Å². The molecule has 4 N–H and O–H groups in total. The van der Waals surface area contributed by atoms with Crippen LogP contribution in [0.2, 0.25) is 0 Å². The van der Waals surface area contributed by atoms with Crippen LogP contribution >= 0.6 is 23.7 Å². The average Bonchev–Trinajstić information content (AvgIpc) is 3.17. The Balaban J connectivity index is 0.00000243. The Morgan fingerprint density at radius 1 is 1.23 bits per heavy atom. The molecule has 3 rings (SSSR count). The first-order valence-electron chi connectivity index (χ1n) is 8.40. The Bertz CT molecular complexity index is 763. The predicted molar refractivity (Wildman–Crippen MR) is 108 cm³/mol. The highest BCUT2D eigenvalue weighted by molar-refractivity contribution is 7.14. The van der Waals surface area contributed by atoms with E-state index in [1.54, 1.807) is 0 Å². The van der Waals surface area contributed by atoms with Gasteiger partial charge in [0.2, 0.25) is 11.8 Å². The van der Waals surface area contributed by atoms with E-state index < -0.39 is 0 Å². The molecule has 2 aromatic rings. The van der Waals surface area contributed by atoms with Gasteiger partial charge in [-0.2, -0.15) is 0 Å². The van der Waals surface area contributed by atoms with Crippen LogP contribution in [0.15, 0.2) is 29.6 Å². The Morgan fingerprint density at radius 2 is 1.96 bits per heavy atom. The zero-order chi connectivity index (χ0) is 17.8. The van der Waals surface area contributed by atoms with Crippen molar-refractivity contribution in [3.8, 4) is 11.3 Å². The summed E-state index contributed by atoms with van der Waals surface area (Å²) in [5, 5.41) is 8.10. The van der Waals surface area contributed by atoms with Gasteiger partial charge in [-0.3, -0.25) is 9.59 Å². The number of carbonyl (C=O) groups excluding carboxylic acids is 2. The zero-order valence-corrected chi connectivity index (χ0v) is 16.2. The Labute approximate surface area is 163 Å². The molecule has 0 radical (unpaired) electrons. The number of carbonyl (C=O) groups is 2. The topological polar surface area (TPSA) is 97.1 Å². The molecule has 2 atom stereocenters. The molecule has 0 unspecified atom stereocenters. The second kappa shape index (κ2) is 9.12. The fraction of sp³-hybridized carbons (Fsp3) is 0.389. The number of anilines is 2. The highest BCUT2D eigenvalue weighted by Crippen LogP contribution is 2.29. The molecule has 1 aromatic carbocycles. The molecule has 1 aliphatic carbocycles. The summed E-state index contributed by atoms with van der Waals surface area (Å²) in [6, 6.07) is 7.58. The fourth-order valence-electron chi connectivity index (χ4n) is 3.12. The minimum Gasteiger partial charge on any atom is -0.327 e. The van der Waals surface area contributed by atoms with Crippen molar-refractivity contribution >= 4 is 46.4 Å². The Hall–Kier alpha value is -1.96. The van der Waals surface area contributed by atoms with Crippen molar-refractivity contribution < 1.29 is 9.59 Å². The van der Waals surface area contributed by atoms with Crippen molar-refractivity contribution in [3.63, 3.8) is 0 Å². The number of amides is 2. The van der Waals surface area contributed by atoms with Crippen LogP contribution in [-0.4, -0.2) is 22.8 Å². The maximum atomic E-state index is 12.2. The first-order chi connectivity index (χ1) is 12.0. The van der Waals surface area contributed by atoms with Crippen LogP contribution in [0.4, 0.5) is 10.8 Å². The molecular formula is C18H23ClN4O2S. The second-order valence-electron chi connectivity index (χ2n) is 6.40. The molecule has 1 aliphatic rings. The fourth-order valence-corrected chi connectivity index (χ4v) is 3.85. The number of aromatic nitrogens is 1. The number of hydrogen-bond acceptors (Lipinski definition) is 5. The largest absolute Gasteiger partial charge is 0.327 e. The molecule has 1 heterocycles. The van der Waals surface area contributed by atoms with Gasteiger partial charge >= 0.3 is 0 Å². The summed E-state index contributed by atoms with van der Waals surface area (Å²) >= 11 is 1.40. The van der Waals surface area contributed by atoms with Crippen LogP contribution in [0, 0.1) is 5.92 Å². The predicted octanol–water partition coefficient (Wildman–Crippen LogP) is 3.65. The van der Waals surface area contributed by atoms with Crippen LogP contribution in [0.25, 0.3) is 11.3 Å². The van der Waals surface area contributed by atoms with E-state index in [2.05, 4.69) is 15.6 Å². The highest BCUT2D eigenvalue weighted by Gasteiger charge is 2.26. The van der Waals surface area contributed by atoms with E-state index in [1.807, 2.05) is 29.6 Å². The molecule has 1 aromatic heterocycles. The van der Waals surface area contributed by atoms with Crippen LogP contribution in [0.5, 0.6) is 0 Å². The lowest BCUT2D eigenvalue weighted by Crippen LogP contribution is -2.28. The maximum absolute atomic E-state index is 12.2. The number of benzene rings is 1. The van der Waals surface area contributed by atoms with Gasteiger partial charge in [-0.25, -0.2) is 4.98 Å². The van der Waals surface area contributed by atoms with E-state index in [-0.39, 0.29) is 36.2 Å². The number of rotatable bonds is 5.